The minimum Gasteiger partial charge on any atom is -0.390 e. The molecule has 1 amide bonds. The maximum atomic E-state index is 12.8. The number of nitrogens with two attached hydrogens (primary N) is 1. The van der Waals surface area contributed by atoms with Crippen molar-refractivity contribution in [1.29, 1.82) is 0 Å². The van der Waals surface area contributed by atoms with Gasteiger partial charge < -0.3 is 10.6 Å². The van der Waals surface area contributed by atoms with E-state index >= 15 is 0 Å². The second-order valence-electron chi connectivity index (χ2n) is 7.13. The van der Waals surface area contributed by atoms with Crippen LogP contribution >= 0.6 is 11.3 Å². The third-order valence-corrected chi connectivity index (χ3v) is 6.89. The molecule has 0 bridgehead atoms. The number of carbonyl (C=O) groups excluding carboxylic acids is 1. The molecule has 0 unspecified atom stereocenters. The van der Waals surface area contributed by atoms with Crippen LogP contribution < -0.4 is 5.73 Å². The number of anilines is 1. The number of carbonyl (C=O) groups is 1. The van der Waals surface area contributed by atoms with Crippen LogP contribution in [0.5, 0.6) is 0 Å². The Morgan fingerprint density at radius 3 is 2.52 bits per heavy atom. The maximum absolute atomic E-state index is 12.8. The van der Waals surface area contributed by atoms with Gasteiger partial charge in [-0.1, -0.05) is 12.8 Å². The second-order valence-corrected chi connectivity index (χ2v) is 8.26. The number of hydrogen-bond acceptors (Lipinski definition) is 3. The van der Waals surface area contributed by atoms with Crippen LogP contribution in [0.15, 0.2) is 0 Å². The largest absolute Gasteiger partial charge is 0.390 e. The summed E-state index contributed by atoms with van der Waals surface area (Å²) in [6.45, 7) is 1.82. The Balaban J connectivity index is 1.65. The van der Waals surface area contributed by atoms with Crippen LogP contribution in [0.3, 0.4) is 0 Å². The van der Waals surface area contributed by atoms with E-state index in [-0.39, 0.29) is 5.91 Å². The lowest BCUT2D eigenvalue weighted by atomic mass is 9.72. The zero-order valence-corrected chi connectivity index (χ0v) is 13.4. The molecule has 114 valence electrons. The third kappa shape index (κ3) is 2.19. The number of thiophene rings is 1. The lowest BCUT2D eigenvalue weighted by molar-refractivity contribution is 0.0792. The van der Waals surface area contributed by atoms with Gasteiger partial charge >= 0.3 is 0 Å². The molecule has 0 atom stereocenters. The highest BCUT2D eigenvalue weighted by atomic mass is 32.1. The molecule has 2 heterocycles. The van der Waals surface area contributed by atoms with Crippen molar-refractivity contribution < 1.29 is 4.79 Å². The average molecular weight is 304 g/mol. The van der Waals surface area contributed by atoms with E-state index in [4.69, 9.17) is 5.73 Å². The van der Waals surface area contributed by atoms with Crippen LogP contribution in [0.1, 0.15) is 65.7 Å². The van der Waals surface area contributed by atoms with Crippen molar-refractivity contribution in [2.45, 2.75) is 57.8 Å². The van der Waals surface area contributed by atoms with Crippen molar-refractivity contribution in [2.24, 2.45) is 5.41 Å². The third-order valence-electron chi connectivity index (χ3n) is 5.83. The summed E-state index contributed by atoms with van der Waals surface area (Å²) in [4.78, 5) is 16.2. The molecule has 4 heteroatoms. The summed E-state index contributed by atoms with van der Waals surface area (Å²) in [5, 5.41) is 0.770. The lowest BCUT2D eigenvalue weighted by Crippen LogP contribution is -2.30. The summed E-state index contributed by atoms with van der Waals surface area (Å²) in [6, 6.07) is 0. The molecule has 1 saturated carbocycles. The topological polar surface area (TPSA) is 46.3 Å². The van der Waals surface area contributed by atoms with Gasteiger partial charge in [0.25, 0.3) is 5.91 Å². The molecule has 2 aliphatic carbocycles. The van der Waals surface area contributed by atoms with Gasteiger partial charge in [0.2, 0.25) is 0 Å². The molecular weight excluding hydrogens is 280 g/mol. The van der Waals surface area contributed by atoms with Crippen LogP contribution in [0.2, 0.25) is 0 Å². The number of hydrogen-bond donors (Lipinski definition) is 1. The number of rotatable bonds is 1. The summed E-state index contributed by atoms with van der Waals surface area (Å²) in [5.41, 5.74) is 8.95. The van der Waals surface area contributed by atoms with Crippen molar-refractivity contribution in [2.75, 3.05) is 18.8 Å². The first-order valence-corrected chi connectivity index (χ1v) is 9.19. The van der Waals surface area contributed by atoms with Crippen molar-refractivity contribution in [3.8, 4) is 0 Å². The van der Waals surface area contributed by atoms with E-state index in [1.807, 2.05) is 4.90 Å². The van der Waals surface area contributed by atoms with Gasteiger partial charge in [0.1, 0.15) is 0 Å². The number of likely N-dealkylation sites (tertiary alicyclic amines) is 1. The molecule has 1 spiro atoms. The number of fused-ring (bicyclic) bond motifs is 1. The smallest absolute Gasteiger partial charge is 0.257 e. The normalized spacial score (nSPS) is 23.7. The monoisotopic (exact) mass is 304 g/mol. The van der Waals surface area contributed by atoms with Crippen LogP contribution in [-0.2, 0) is 12.8 Å². The van der Waals surface area contributed by atoms with Crippen molar-refractivity contribution in [3.63, 3.8) is 0 Å². The van der Waals surface area contributed by atoms with Gasteiger partial charge in [-0.15, -0.1) is 11.3 Å². The van der Waals surface area contributed by atoms with E-state index in [0.29, 0.717) is 5.41 Å². The van der Waals surface area contributed by atoms with Gasteiger partial charge in [-0.3, -0.25) is 4.79 Å². The quantitative estimate of drug-likeness (QED) is 0.861. The maximum Gasteiger partial charge on any atom is 0.257 e. The summed E-state index contributed by atoms with van der Waals surface area (Å²) < 4.78 is 0. The molecule has 3 nitrogen and oxygen atoms in total. The average Bonchev–Trinajstić information content (AvgIpc) is 3.18. The number of amides is 1. The fraction of sp³-hybridized carbons (Fsp3) is 0.706. The van der Waals surface area contributed by atoms with Crippen LogP contribution in [0.25, 0.3) is 0 Å². The standard InChI is InChI=1S/C17H24N2OS/c18-15-14(16(20)19-9-3-4-10-19)12-5-8-17(6-1-2-7-17)11-13(12)21-15/h1-11,18H2. The van der Waals surface area contributed by atoms with Crippen molar-refractivity contribution in [1.82, 2.24) is 4.90 Å². The summed E-state index contributed by atoms with van der Waals surface area (Å²) in [5.74, 6) is 0.199. The van der Waals surface area contributed by atoms with Crippen molar-refractivity contribution >= 4 is 22.2 Å². The Labute approximate surface area is 130 Å². The number of nitrogens with zero attached hydrogens (tertiary/aromatic N) is 1. The zero-order valence-electron chi connectivity index (χ0n) is 12.6. The first-order chi connectivity index (χ1) is 10.2. The molecule has 0 radical (unpaired) electrons. The highest BCUT2D eigenvalue weighted by Gasteiger charge is 2.40. The minimum absolute atomic E-state index is 0.199. The minimum atomic E-state index is 0.199. The first kappa shape index (κ1) is 13.6. The molecular formula is C17H24N2OS. The Hall–Kier alpha value is -1.03. The van der Waals surface area contributed by atoms with Gasteiger partial charge in [-0.25, -0.2) is 0 Å². The Kier molecular flexibility index (Phi) is 3.25. The molecule has 3 aliphatic rings. The Bertz CT molecular complexity index is 566. The molecule has 1 aromatic rings. The van der Waals surface area contributed by atoms with Gasteiger partial charge in [0, 0.05) is 18.0 Å². The molecule has 1 saturated heterocycles. The zero-order chi connectivity index (χ0) is 14.4. The summed E-state index contributed by atoms with van der Waals surface area (Å²) >= 11 is 1.70. The molecule has 2 fully saturated rings. The van der Waals surface area contributed by atoms with E-state index in [0.717, 1.165) is 42.9 Å². The Morgan fingerprint density at radius 1 is 1.10 bits per heavy atom. The van der Waals surface area contributed by atoms with E-state index in [1.165, 1.54) is 49.0 Å². The molecule has 1 aliphatic heterocycles. The second kappa shape index (κ2) is 5.01. The molecule has 0 aromatic carbocycles. The molecule has 21 heavy (non-hydrogen) atoms. The molecule has 1 aromatic heterocycles. The highest BCUT2D eigenvalue weighted by molar-refractivity contribution is 7.16. The fourth-order valence-corrected chi connectivity index (χ4v) is 5.91. The van der Waals surface area contributed by atoms with Crippen LogP contribution in [-0.4, -0.2) is 23.9 Å². The van der Waals surface area contributed by atoms with Crippen LogP contribution in [0, 0.1) is 5.41 Å². The van der Waals surface area contributed by atoms with Gasteiger partial charge in [-0.05, 0) is 55.9 Å². The van der Waals surface area contributed by atoms with E-state index in [2.05, 4.69) is 0 Å². The van der Waals surface area contributed by atoms with Crippen LogP contribution in [0.4, 0.5) is 5.00 Å². The molecule has 4 rings (SSSR count). The van der Waals surface area contributed by atoms with Gasteiger partial charge in [-0.2, -0.15) is 0 Å². The fourth-order valence-electron chi connectivity index (χ4n) is 4.62. The SMILES string of the molecule is Nc1sc2c(c1C(=O)N1CCCC1)CCC1(CCCC1)C2. The summed E-state index contributed by atoms with van der Waals surface area (Å²) in [6.07, 6.45) is 11.3. The highest BCUT2D eigenvalue weighted by Crippen LogP contribution is 2.51. The van der Waals surface area contributed by atoms with E-state index in [1.54, 1.807) is 11.3 Å². The predicted molar refractivity (Wildman–Crippen MR) is 86.8 cm³/mol. The van der Waals surface area contributed by atoms with E-state index in [9.17, 15) is 4.79 Å². The van der Waals surface area contributed by atoms with Gasteiger partial charge in [0.15, 0.2) is 0 Å². The first-order valence-electron chi connectivity index (χ1n) is 8.38. The predicted octanol–water partition coefficient (Wildman–Crippen LogP) is 3.62. The number of nitrogen functional groups attached to an aromatic ring is 1. The summed E-state index contributed by atoms with van der Waals surface area (Å²) in [7, 11) is 0. The Morgan fingerprint density at radius 2 is 1.81 bits per heavy atom. The van der Waals surface area contributed by atoms with E-state index < -0.39 is 0 Å². The van der Waals surface area contributed by atoms with Crippen molar-refractivity contribution in [3.05, 3.63) is 16.0 Å². The molecule has 2 N–H and O–H groups in total. The van der Waals surface area contributed by atoms with Gasteiger partial charge in [0.05, 0.1) is 10.6 Å². The lowest BCUT2D eigenvalue weighted by Gasteiger charge is -2.33.